The molecule has 0 fully saturated rings. The van der Waals surface area contributed by atoms with E-state index >= 15 is 0 Å². The summed E-state index contributed by atoms with van der Waals surface area (Å²) in [5, 5.41) is 5.86. The Morgan fingerprint density at radius 2 is 2.17 bits per heavy atom. The number of nitrogens with one attached hydrogen (secondary N) is 1. The maximum Gasteiger partial charge on any atom is 0.252 e. The van der Waals surface area contributed by atoms with E-state index in [9.17, 15) is 4.79 Å². The number of allylic oxidation sites excluding steroid dienone is 1. The van der Waals surface area contributed by atoms with Gasteiger partial charge in [0.25, 0.3) is 5.91 Å². The lowest BCUT2D eigenvalue weighted by Gasteiger charge is -2.09. The predicted molar refractivity (Wildman–Crippen MR) is 72.8 cm³/mol. The molecular formula is C14H17N3O. The van der Waals surface area contributed by atoms with E-state index in [-0.39, 0.29) is 5.91 Å². The van der Waals surface area contributed by atoms with Gasteiger partial charge in [0.2, 0.25) is 0 Å². The highest BCUT2D eigenvalue weighted by atomic mass is 16.1. The van der Waals surface area contributed by atoms with E-state index in [0.717, 1.165) is 30.4 Å². The number of aryl methyl sites for hydroxylation is 1. The molecular weight excluding hydrogens is 226 g/mol. The smallest absolute Gasteiger partial charge is 0.252 e. The number of carbonyl (C=O) groups excluding carboxylic acids is 1. The van der Waals surface area contributed by atoms with E-state index in [2.05, 4.69) is 22.6 Å². The van der Waals surface area contributed by atoms with Crippen molar-refractivity contribution in [2.45, 2.75) is 26.2 Å². The van der Waals surface area contributed by atoms with Gasteiger partial charge in [0.15, 0.2) is 0 Å². The van der Waals surface area contributed by atoms with Gasteiger partial charge in [-0.1, -0.05) is 24.3 Å². The average molecular weight is 243 g/mol. The summed E-state index contributed by atoms with van der Waals surface area (Å²) in [7, 11) is 0. The molecule has 0 bridgehead atoms. The molecule has 0 spiro atoms. The zero-order chi connectivity index (χ0) is 13.0. The van der Waals surface area contributed by atoms with Gasteiger partial charge in [-0.3, -0.25) is 4.79 Å². The molecule has 4 nitrogen and oxygen atoms in total. The molecule has 0 aliphatic heterocycles. The zero-order valence-corrected chi connectivity index (χ0v) is 10.4. The van der Waals surface area contributed by atoms with E-state index in [4.69, 9.17) is 5.84 Å². The second-order valence-electron chi connectivity index (χ2n) is 4.37. The van der Waals surface area contributed by atoms with E-state index < -0.39 is 0 Å². The molecule has 0 unspecified atom stereocenters. The van der Waals surface area contributed by atoms with Gasteiger partial charge in [-0.05, 0) is 42.9 Å². The number of amides is 1. The summed E-state index contributed by atoms with van der Waals surface area (Å²) in [6.07, 6.45) is 4.00. The molecule has 0 radical (unpaired) electrons. The quantitative estimate of drug-likeness (QED) is 0.360. The molecule has 1 aliphatic rings. The van der Waals surface area contributed by atoms with Gasteiger partial charge in [0.05, 0.1) is 0 Å². The van der Waals surface area contributed by atoms with Gasteiger partial charge >= 0.3 is 0 Å². The third-order valence-corrected chi connectivity index (χ3v) is 3.29. The largest absolute Gasteiger partial charge is 0.322 e. The SMILES string of the molecule is CC1=C(C(=O)NC=NN)CCCc2ccccc21. The Hall–Kier alpha value is -2.10. The van der Waals surface area contributed by atoms with Crippen LogP contribution in [0.3, 0.4) is 0 Å². The van der Waals surface area contributed by atoms with Crippen LogP contribution in [0.15, 0.2) is 34.9 Å². The van der Waals surface area contributed by atoms with Crippen molar-refractivity contribution in [2.24, 2.45) is 10.9 Å². The third-order valence-electron chi connectivity index (χ3n) is 3.29. The van der Waals surface area contributed by atoms with Crippen LogP contribution in [-0.4, -0.2) is 12.2 Å². The minimum atomic E-state index is -0.113. The molecule has 18 heavy (non-hydrogen) atoms. The summed E-state index contributed by atoms with van der Waals surface area (Å²) in [6, 6.07) is 8.24. The summed E-state index contributed by atoms with van der Waals surface area (Å²) in [5.41, 5.74) is 4.35. The van der Waals surface area contributed by atoms with Gasteiger partial charge in [-0.2, -0.15) is 5.10 Å². The Labute approximate surface area is 107 Å². The highest BCUT2D eigenvalue weighted by Gasteiger charge is 2.18. The van der Waals surface area contributed by atoms with Crippen molar-refractivity contribution < 1.29 is 4.79 Å². The summed E-state index contributed by atoms with van der Waals surface area (Å²) in [4.78, 5) is 12.0. The lowest BCUT2D eigenvalue weighted by atomic mass is 9.98. The molecule has 0 aromatic heterocycles. The van der Waals surface area contributed by atoms with Gasteiger partial charge < -0.3 is 11.2 Å². The number of nitrogens with two attached hydrogens (primary N) is 1. The number of hydrogen-bond donors (Lipinski definition) is 2. The Morgan fingerprint density at radius 1 is 1.39 bits per heavy atom. The standard InChI is InChI=1S/C14H17N3O/c1-10-12-7-3-2-5-11(12)6-4-8-13(10)14(18)16-9-17-15/h2-3,5,7,9H,4,6,8,15H2,1H3,(H,16,17,18). The highest BCUT2D eigenvalue weighted by Crippen LogP contribution is 2.29. The van der Waals surface area contributed by atoms with Crippen LogP contribution in [0.1, 0.15) is 30.9 Å². The first-order chi connectivity index (χ1) is 8.74. The van der Waals surface area contributed by atoms with Crippen molar-refractivity contribution >= 4 is 17.8 Å². The van der Waals surface area contributed by atoms with Crippen LogP contribution in [0.5, 0.6) is 0 Å². The summed E-state index contributed by atoms with van der Waals surface area (Å²) < 4.78 is 0. The minimum absolute atomic E-state index is 0.113. The van der Waals surface area contributed by atoms with Crippen molar-refractivity contribution in [2.75, 3.05) is 0 Å². The first kappa shape index (κ1) is 12.4. The molecule has 0 atom stereocenters. The first-order valence-corrected chi connectivity index (χ1v) is 6.04. The summed E-state index contributed by atoms with van der Waals surface area (Å²) in [5.74, 6) is 4.87. The molecule has 4 heteroatoms. The topological polar surface area (TPSA) is 67.5 Å². The predicted octanol–water partition coefficient (Wildman–Crippen LogP) is 1.81. The number of hydrazone groups is 1. The van der Waals surface area contributed by atoms with Crippen molar-refractivity contribution in [3.8, 4) is 0 Å². The van der Waals surface area contributed by atoms with Gasteiger partial charge in [0, 0.05) is 5.57 Å². The van der Waals surface area contributed by atoms with Crippen LogP contribution in [0.4, 0.5) is 0 Å². The molecule has 3 N–H and O–H groups in total. The zero-order valence-electron chi connectivity index (χ0n) is 10.4. The average Bonchev–Trinajstić information content (AvgIpc) is 2.56. The molecule has 0 saturated heterocycles. The van der Waals surface area contributed by atoms with E-state index in [1.165, 1.54) is 17.5 Å². The Bertz CT molecular complexity index is 518. The monoisotopic (exact) mass is 243 g/mol. The summed E-state index contributed by atoms with van der Waals surface area (Å²) >= 11 is 0. The van der Waals surface area contributed by atoms with E-state index in [0.29, 0.717) is 0 Å². The minimum Gasteiger partial charge on any atom is -0.322 e. The van der Waals surface area contributed by atoms with Crippen molar-refractivity contribution in [1.82, 2.24) is 5.32 Å². The molecule has 1 aromatic rings. The highest BCUT2D eigenvalue weighted by molar-refractivity contribution is 6.05. The third kappa shape index (κ3) is 2.42. The second-order valence-corrected chi connectivity index (χ2v) is 4.37. The Balaban J connectivity index is 2.38. The number of benzene rings is 1. The molecule has 1 aromatic carbocycles. The fourth-order valence-electron chi connectivity index (χ4n) is 2.38. The van der Waals surface area contributed by atoms with Crippen molar-refractivity contribution in [3.05, 3.63) is 41.0 Å². The maximum absolute atomic E-state index is 12.0. The fourth-order valence-corrected chi connectivity index (χ4v) is 2.38. The molecule has 2 rings (SSSR count). The normalized spacial score (nSPS) is 15.4. The molecule has 94 valence electrons. The Kier molecular flexibility index (Phi) is 3.77. The molecule has 0 heterocycles. The van der Waals surface area contributed by atoms with Gasteiger partial charge in [0.1, 0.15) is 6.34 Å². The molecule has 0 saturated carbocycles. The van der Waals surface area contributed by atoms with Crippen LogP contribution in [0, 0.1) is 0 Å². The second kappa shape index (κ2) is 5.49. The van der Waals surface area contributed by atoms with Crippen LogP contribution in [0.2, 0.25) is 0 Å². The molecule has 1 amide bonds. The number of carbonyl (C=O) groups is 1. The fraction of sp³-hybridized carbons (Fsp3) is 0.286. The first-order valence-electron chi connectivity index (χ1n) is 6.04. The summed E-state index contributed by atoms with van der Waals surface area (Å²) in [6.45, 7) is 2.00. The van der Waals surface area contributed by atoms with Crippen LogP contribution >= 0.6 is 0 Å². The number of rotatable bonds is 2. The van der Waals surface area contributed by atoms with Crippen LogP contribution in [-0.2, 0) is 11.2 Å². The van der Waals surface area contributed by atoms with Crippen molar-refractivity contribution in [1.29, 1.82) is 0 Å². The molecule has 1 aliphatic carbocycles. The lowest BCUT2D eigenvalue weighted by molar-refractivity contribution is -0.116. The number of fused-ring (bicyclic) bond motifs is 1. The van der Waals surface area contributed by atoms with Gasteiger partial charge in [-0.25, -0.2) is 0 Å². The van der Waals surface area contributed by atoms with E-state index in [1.54, 1.807) is 0 Å². The number of nitrogens with zero attached hydrogens (tertiary/aromatic N) is 1. The van der Waals surface area contributed by atoms with Crippen LogP contribution < -0.4 is 11.2 Å². The van der Waals surface area contributed by atoms with Gasteiger partial charge in [-0.15, -0.1) is 0 Å². The maximum atomic E-state index is 12.0. The lowest BCUT2D eigenvalue weighted by Crippen LogP contribution is -2.24. The Morgan fingerprint density at radius 3 is 2.94 bits per heavy atom. The van der Waals surface area contributed by atoms with Crippen LogP contribution in [0.25, 0.3) is 5.57 Å². The van der Waals surface area contributed by atoms with Crippen molar-refractivity contribution in [3.63, 3.8) is 0 Å². The van der Waals surface area contributed by atoms with E-state index in [1.807, 2.05) is 19.1 Å². The number of hydrogen-bond acceptors (Lipinski definition) is 3.